The van der Waals surface area contributed by atoms with Crippen molar-refractivity contribution in [3.05, 3.63) is 81.6 Å². The second-order valence-electron chi connectivity index (χ2n) is 9.04. The first-order chi connectivity index (χ1) is 16.9. The molecule has 0 saturated carbocycles. The van der Waals surface area contributed by atoms with Gasteiger partial charge in [0.2, 0.25) is 0 Å². The Kier molecular flexibility index (Phi) is 6.54. The number of halogens is 1. The molecule has 1 aromatic carbocycles. The third-order valence-corrected chi connectivity index (χ3v) is 6.85. The van der Waals surface area contributed by atoms with Crippen molar-refractivity contribution in [3.8, 4) is 17.2 Å². The van der Waals surface area contributed by atoms with E-state index < -0.39 is 0 Å². The van der Waals surface area contributed by atoms with Crippen LogP contribution in [0.4, 0.5) is 0 Å². The van der Waals surface area contributed by atoms with E-state index in [0.717, 1.165) is 54.1 Å². The molecule has 0 unspecified atom stereocenters. The molecule has 1 aliphatic heterocycles. The highest BCUT2D eigenvalue weighted by atomic mass is 35.5. The van der Waals surface area contributed by atoms with Gasteiger partial charge in [-0.05, 0) is 50.2 Å². The van der Waals surface area contributed by atoms with Crippen LogP contribution in [0.1, 0.15) is 25.2 Å². The molecule has 7 nitrogen and oxygen atoms in total. The van der Waals surface area contributed by atoms with Gasteiger partial charge in [-0.2, -0.15) is 0 Å². The Labute approximate surface area is 209 Å². The molecule has 0 radical (unpaired) electrons. The highest BCUT2D eigenvalue weighted by molar-refractivity contribution is 6.30. The Morgan fingerprint density at radius 1 is 1.09 bits per heavy atom. The third-order valence-electron chi connectivity index (χ3n) is 6.63. The summed E-state index contributed by atoms with van der Waals surface area (Å²) in [5.41, 5.74) is 3.71. The molecule has 35 heavy (non-hydrogen) atoms. The van der Waals surface area contributed by atoms with Gasteiger partial charge in [0, 0.05) is 61.6 Å². The zero-order valence-corrected chi connectivity index (χ0v) is 21.0. The van der Waals surface area contributed by atoms with Crippen LogP contribution in [0.5, 0.6) is 11.5 Å². The lowest BCUT2D eigenvalue weighted by atomic mass is 10.2. The number of hydrogen-bond acceptors (Lipinski definition) is 5. The van der Waals surface area contributed by atoms with Crippen molar-refractivity contribution in [3.63, 3.8) is 0 Å². The van der Waals surface area contributed by atoms with E-state index in [2.05, 4.69) is 34.4 Å². The van der Waals surface area contributed by atoms with E-state index in [0.29, 0.717) is 16.8 Å². The summed E-state index contributed by atoms with van der Waals surface area (Å²) in [6.07, 6.45) is 4.24. The van der Waals surface area contributed by atoms with Crippen LogP contribution in [-0.4, -0.2) is 45.3 Å². The van der Waals surface area contributed by atoms with E-state index in [1.165, 1.54) is 11.8 Å². The molecule has 1 aliphatic rings. The summed E-state index contributed by atoms with van der Waals surface area (Å²) < 4.78 is 15.6. The normalized spacial score (nSPS) is 14.2. The summed E-state index contributed by atoms with van der Waals surface area (Å²) in [5, 5.41) is 1.60. The smallest absolute Gasteiger partial charge is 0.258 e. The minimum absolute atomic E-state index is 0.168. The monoisotopic (exact) mass is 492 g/mol. The van der Waals surface area contributed by atoms with Gasteiger partial charge in [-0.1, -0.05) is 11.6 Å². The Bertz CT molecular complexity index is 1410. The lowest BCUT2D eigenvalue weighted by Gasteiger charge is -2.23. The van der Waals surface area contributed by atoms with Crippen LogP contribution in [0, 0.1) is 0 Å². The number of fused-ring (bicyclic) bond motifs is 3. The first-order valence-electron chi connectivity index (χ1n) is 11.8. The molecular weight excluding hydrogens is 464 g/mol. The summed E-state index contributed by atoms with van der Waals surface area (Å²) in [5.74, 6) is 1.39. The van der Waals surface area contributed by atoms with E-state index in [1.807, 2.05) is 12.1 Å². The quantitative estimate of drug-likeness (QED) is 0.390. The number of ether oxygens (including phenoxy) is 2. The molecule has 0 aliphatic carbocycles. The lowest BCUT2D eigenvalue weighted by molar-refractivity contribution is 0.227. The minimum atomic E-state index is -0.168. The van der Waals surface area contributed by atoms with Gasteiger partial charge in [-0.15, -0.1) is 0 Å². The average Bonchev–Trinajstić information content (AvgIpc) is 2.98. The Hall–Kier alpha value is -3.29. The zero-order valence-electron chi connectivity index (χ0n) is 20.2. The van der Waals surface area contributed by atoms with E-state index in [1.54, 1.807) is 42.3 Å². The molecule has 0 amide bonds. The number of rotatable bonds is 6. The maximum Gasteiger partial charge on any atom is 0.258 e. The van der Waals surface area contributed by atoms with Crippen LogP contribution >= 0.6 is 11.6 Å². The lowest BCUT2D eigenvalue weighted by Crippen LogP contribution is -2.33. The molecule has 4 aromatic rings. The molecule has 0 spiro atoms. The van der Waals surface area contributed by atoms with Gasteiger partial charge in [0.05, 0.1) is 29.0 Å². The molecule has 8 heteroatoms. The van der Waals surface area contributed by atoms with Crippen molar-refractivity contribution in [2.24, 2.45) is 0 Å². The summed E-state index contributed by atoms with van der Waals surface area (Å²) in [6.45, 7) is 7.67. The van der Waals surface area contributed by atoms with Gasteiger partial charge >= 0.3 is 0 Å². The molecule has 0 fully saturated rings. The third kappa shape index (κ3) is 4.66. The molecule has 182 valence electrons. The fourth-order valence-electron chi connectivity index (χ4n) is 4.77. The van der Waals surface area contributed by atoms with Crippen LogP contribution < -0.4 is 15.0 Å². The van der Waals surface area contributed by atoms with E-state index in [-0.39, 0.29) is 12.2 Å². The Morgan fingerprint density at radius 2 is 1.94 bits per heavy atom. The molecule has 4 heterocycles. The minimum Gasteiger partial charge on any atom is -0.494 e. The van der Waals surface area contributed by atoms with Gasteiger partial charge in [-0.3, -0.25) is 19.2 Å². The van der Waals surface area contributed by atoms with Crippen molar-refractivity contribution >= 4 is 22.5 Å². The highest BCUT2D eigenvalue weighted by Gasteiger charge is 2.23. The maximum absolute atomic E-state index is 12.9. The largest absolute Gasteiger partial charge is 0.494 e. The topological polar surface area (TPSA) is 61.5 Å². The van der Waals surface area contributed by atoms with Crippen molar-refractivity contribution in [2.45, 2.75) is 39.5 Å². The number of methoxy groups -OCH3 is 1. The van der Waals surface area contributed by atoms with Crippen molar-refractivity contribution in [1.29, 1.82) is 0 Å². The van der Waals surface area contributed by atoms with Gasteiger partial charge in [0.15, 0.2) is 0 Å². The second-order valence-corrected chi connectivity index (χ2v) is 9.48. The number of benzene rings is 1. The molecule has 5 rings (SSSR count). The number of pyridine rings is 2. The van der Waals surface area contributed by atoms with Crippen molar-refractivity contribution in [2.75, 3.05) is 20.2 Å². The van der Waals surface area contributed by atoms with Crippen LogP contribution in [0.25, 0.3) is 16.6 Å². The van der Waals surface area contributed by atoms with Crippen LogP contribution in [-0.2, 0) is 19.6 Å². The van der Waals surface area contributed by atoms with Crippen molar-refractivity contribution in [1.82, 2.24) is 19.0 Å². The summed E-state index contributed by atoms with van der Waals surface area (Å²) in [6, 6.07) is 13.5. The SMILES string of the molecule is COc1c2n(c3ccc(-n4ccc(OCc5ccc(Cl)cn5)cc4=O)cc13)CCN(C(C)C)CC2. The zero-order chi connectivity index (χ0) is 24.5. The average molecular weight is 493 g/mol. The summed E-state index contributed by atoms with van der Waals surface area (Å²) in [4.78, 5) is 19.6. The van der Waals surface area contributed by atoms with E-state index in [9.17, 15) is 4.79 Å². The second kappa shape index (κ2) is 9.76. The number of hydrogen-bond donors (Lipinski definition) is 0. The Morgan fingerprint density at radius 3 is 2.66 bits per heavy atom. The molecule has 0 saturated heterocycles. The Balaban J connectivity index is 1.42. The van der Waals surface area contributed by atoms with Gasteiger partial charge in [0.25, 0.3) is 5.56 Å². The first kappa shape index (κ1) is 23.5. The summed E-state index contributed by atoms with van der Waals surface area (Å²) >= 11 is 5.88. The fraction of sp³-hybridized carbons (Fsp3) is 0.333. The predicted molar refractivity (Wildman–Crippen MR) is 138 cm³/mol. The highest BCUT2D eigenvalue weighted by Crippen LogP contribution is 2.36. The van der Waals surface area contributed by atoms with Gasteiger partial charge in [0.1, 0.15) is 18.1 Å². The van der Waals surface area contributed by atoms with E-state index >= 15 is 0 Å². The maximum atomic E-state index is 12.9. The van der Waals surface area contributed by atoms with Crippen LogP contribution in [0.15, 0.2) is 59.7 Å². The molecule has 0 N–H and O–H groups in total. The molecule has 0 bridgehead atoms. The van der Waals surface area contributed by atoms with E-state index in [4.69, 9.17) is 21.1 Å². The standard InChI is InChI=1S/C27H29ClN4O3/c1-18(2)30-10-9-25-27(34-3)23-14-21(6-7-24(23)32(25)13-12-30)31-11-8-22(15-26(31)33)35-17-20-5-4-19(28)16-29-20/h4-8,11,14-16,18H,9-10,12-13,17H2,1-3H3. The molecular formula is C27H29ClN4O3. The van der Waals surface area contributed by atoms with Crippen molar-refractivity contribution < 1.29 is 9.47 Å². The van der Waals surface area contributed by atoms with Gasteiger partial charge in [-0.25, -0.2) is 0 Å². The predicted octanol–water partition coefficient (Wildman–Crippen LogP) is 4.69. The van der Waals surface area contributed by atoms with Gasteiger partial charge < -0.3 is 14.0 Å². The first-order valence-corrected chi connectivity index (χ1v) is 12.2. The fourth-order valence-corrected chi connectivity index (χ4v) is 4.88. The molecule has 0 atom stereocenters. The van der Waals surface area contributed by atoms with Crippen LogP contribution in [0.2, 0.25) is 5.02 Å². The number of nitrogens with zero attached hydrogens (tertiary/aromatic N) is 4. The molecule has 3 aromatic heterocycles. The summed E-state index contributed by atoms with van der Waals surface area (Å²) in [7, 11) is 1.72. The van der Waals surface area contributed by atoms with Crippen LogP contribution in [0.3, 0.4) is 0 Å². The number of aromatic nitrogens is 3.